The summed E-state index contributed by atoms with van der Waals surface area (Å²) in [6, 6.07) is 0. The van der Waals surface area contributed by atoms with Crippen molar-refractivity contribution in [2.75, 3.05) is 0 Å². The van der Waals surface area contributed by atoms with E-state index in [1.54, 1.807) is 0 Å². The molecule has 0 saturated carbocycles. The average molecular weight is 357 g/mol. The van der Waals surface area contributed by atoms with E-state index in [0.29, 0.717) is 6.42 Å². The van der Waals surface area contributed by atoms with Gasteiger partial charge in [0, 0.05) is 16.1 Å². The third kappa shape index (κ3) is 3.18. The molecule has 0 bridgehead atoms. The third-order valence-corrected chi connectivity index (χ3v) is 5.70. The van der Waals surface area contributed by atoms with Crippen molar-refractivity contribution in [3.63, 3.8) is 0 Å². The van der Waals surface area contributed by atoms with Crippen molar-refractivity contribution in [3.8, 4) is 0 Å². The Morgan fingerprint density at radius 1 is 0.960 bits per heavy atom. The number of thiol groups is 1. The van der Waals surface area contributed by atoms with E-state index in [-0.39, 0.29) is 5.25 Å². The molecule has 0 amide bonds. The maximum atomic E-state index is 10.6. The van der Waals surface area contributed by atoms with Gasteiger partial charge in [-0.1, -0.05) is 70.5 Å². The molecule has 1 N–H and O–H groups in total. The Morgan fingerprint density at radius 3 is 1.56 bits per heavy atom. The molecule has 0 spiro atoms. The van der Waals surface area contributed by atoms with Gasteiger partial charge in [0.15, 0.2) is 0 Å². The van der Waals surface area contributed by atoms with Crippen LogP contribution in [0.2, 0.25) is 0 Å². The molecule has 25 heavy (non-hydrogen) atoms. The Bertz CT molecular complexity index is 631. The molecule has 0 heterocycles. The summed E-state index contributed by atoms with van der Waals surface area (Å²) in [4.78, 5) is 0. The zero-order valence-corrected chi connectivity index (χ0v) is 17.0. The van der Waals surface area contributed by atoms with Gasteiger partial charge in [-0.25, -0.2) is 0 Å². The van der Waals surface area contributed by atoms with Crippen molar-refractivity contribution in [2.45, 2.75) is 45.0 Å². The molecule has 136 valence electrons. The highest BCUT2D eigenvalue weighted by molar-refractivity contribution is 7.81. The summed E-state index contributed by atoms with van der Waals surface area (Å²) in [5.74, 6) is 0. The van der Waals surface area contributed by atoms with Crippen LogP contribution in [0.4, 0.5) is 0 Å². The fourth-order valence-corrected chi connectivity index (χ4v) is 5.23. The molecule has 0 aromatic heterocycles. The van der Waals surface area contributed by atoms with Crippen LogP contribution in [0, 0.1) is 10.8 Å². The van der Waals surface area contributed by atoms with Crippen LogP contribution in [0.25, 0.3) is 0 Å². The summed E-state index contributed by atoms with van der Waals surface area (Å²) in [5.41, 5.74) is 2.13. The minimum absolute atomic E-state index is 0.0775. The highest BCUT2D eigenvalue weighted by Crippen LogP contribution is 2.64. The molecule has 1 aliphatic rings. The van der Waals surface area contributed by atoms with Crippen molar-refractivity contribution in [2.24, 2.45) is 10.8 Å². The lowest BCUT2D eigenvalue weighted by molar-refractivity contribution is 0.0125. The van der Waals surface area contributed by atoms with Crippen LogP contribution < -0.4 is 0 Å². The number of hydrogen-bond donors (Lipinski definition) is 2. The third-order valence-electron chi connectivity index (χ3n) is 5.31. The van der Waals surface area contributed by atoms with E-state index in [1.807, 2.05) is 44.2 Å². The molecule has 2 heteroatoms. The minimum atomic E-state index is -0.873. The van der Waals surface area contributed by atoms with Gasteiger partial charge in [-0.2, -0.15) is 12.6 Å². The maximum Gasteiger partial charge on any atom is 0.0600 e. The van der Waals surface area contributed by atoms with Crippen molar-refractivity contribution >= 4 is 12.6 Å². The summed E-state index contributed by atoms with van der Waals surface area (Å²) >= 11 is 4.90. The Kier molecular flexibility index (Phi) is 6.36. The zero-order chi connectivity index (χ0) is 19.6. The van der Waals surface area contributed by atoms with Crippen LogP contribution in [-0.4, -0.2) is 16.0 Å². The van der Waals surface area contributed by atoms with Gasteiger partial charge < -0.3 is 5.11 Å². The zero-order valence-electron chi connectivity index (χ0n) is 16.1. The SMILES string of the molecule is C=CC1=C(C=C)C(C(C)S)(C(C)(C=C)CC(C)(C)O)C(C=C)=C1C=C. The predicted molar refractivity (Wildman–Crippen MR) is 115 cm³/mol. The Balaban J connectivity index is 4.07. The van der Waals surface area contributed by atoms with Crippen molar-refractivity contribution < 1.29 is 5.11 Å². The molecule has 1 nitrogen and oxygen atoms in total. The van der Waals surface area contributed by atoms with Crippen LogP contribution in [0.1, 0.15) is 34.1 Å². The van der Waals surface area contributed by atoms with E-state index >= 15 is 0 Å². The first-order valence-corrected chi connectivity index (χ1v) is 9.06. The van der Waals surface area contributed by atoms with Gasteiger partial charge in [0.1, 0.15) is 0 Å². The van der Waals surface area contributed by atoms with Gasteiger partial charge in [0.2, 0.25) is 0 Å². The van der Waals surface area contributed by atoms with Gasteiger partial charge in [-0.15, -0.1) is 6.58 Å². The summed E-state index contributed by atoms with van der Waals surface area (Å²) in [6.07, 6.45) is 9.85. The number of aliphatic hydroxyl groups is 1. The van der Waals surface area contributed by atoms with Gasteiger partial charge in [-0.3, -0.25) is 0 Å². The fraction of sp³-hybridized carbons (Fsp3) is 0.391. The van der Waals surface area contributed by atoms with Crippen molar-refractivity contribution in [1.82, 2.24) is 0 Å². The van der Waals surface area contributed by atoms with Crippen LogP contribution in [0.3, 0.4) is 0 Å². The smallest absolute Gasteiger partial charge is 0.0600 e. The molecule has 2 atom stereocenters. The summed E-state index contributed by atoms with van der Waals surface area (Å²) in [6.45, 7) is 28.1. The molecule has 0 fully saturated rings. The van der Waals surface area contributed by atoms with Crippen LogP contribution in [0.15, 0.2) is 85.6 Å². The lowest BCUT2D eigenvalue weighted by Gasteiger charge is -2.52. The number of hydrogen-bond acceptors (Lipinski definition) is 2. The molecule has 0 aliphatic heterocycles. The molecular formula is C23H32OS. The normalized spacial score (nSPS) is 20.7. The monoisotopic (exact) mass is 356 g/mol. The van der Waals surface area contributed by atoms with Gasteiger partial charge in [0.05, 0.1) is 5.60 Å². The highest BCUT2D eigenvalue weighted by atomic mass is 32.1. The molecule has 1 aliphatic carbocycles. The second-order valence-electron chi connectivity index (χ2n) is 7.57. The molecule has 2 unspecified atom stereocenters. The first-order chi connectivity index (χ1) is 11.5. The highest BCUT2D eigenvalue weighted by Gasteiger charge is 2.57. The average Bonchev–Trinajstić information content (AvgIpc) is 2.82. The van der Waals surface area contributed by atoms with Crippen LogP contribution >= 0.6 is 12.6 Å². The van der Waals surface area contributed by atoms with Crippen LogP contribution in [0.5, 0.6) is 0 Å². The Morgan fingerprint density at radius 2 is 1.36 bits per heavy atom. The van der Waals surface area contributed by atoms with E-state index in [4.69, 9.17) is 12.6 Å². The van der Waals surface area contributed by atoms with Gasteiger partial charge >= 0.3 is 0 Å². The Hall–Kier alpha value is -1.51. The van der Waals surface area contributed by atoms with Crippen molar-refractivity contribution in [3.05, 3.63) is 85.6 Å². The van der Waals surface area contributed by atoms with Crippen LogP contribution in [-0.2, 0) is 0 Å². The molecule has 0 saturated heterocycles. The Labute approximate surface area is 159 Å². The molecule has 0 aromatic carbocycles. The van der Waals surface area contributed by atoms with Gasteiger partial charge in [0.25, 0.3) is 0 Å². The number of allylic oxidation sites excluding steroid dienone is 9. The molecular weight excluding hydrogens is 324 g/mol. The maximum absolute atomic E-state index is 10.6. The lowest BCUT2D eigenvalue weighted by atomic mass is 9.53. The summed E-state index contributed by atoms with van der Waals surface area (Å²) < 4.78 is 0. The van der Waals surface area contributed by atoms with Gasteiger partial charge in [-0.05, 0) is 42.6 Å². The molecule has 0 radical (unpaired) electrons. The summed E-state index contributed by atoms with van der Waals surface area (Å²) in [5, 5.41) is 10.5. The number of rotatable bonds is 9. The largest absolute Gasteiger partial charge is 0.390 e. The first kappa shape index (κ1) is 21.5. The quantitative estimate of drug-likeness (QED) is 0.384. The predicted octanol–water partition coefficient (Wildman–Crippen LogP) is 6.00. The summed E-state index contributed by atoms with van der Waals surface area (Å²) in [7, 11) is 0. The lowest BCUT2D eigenvalue weighted by Crippen LogP contribution is -2.49. The van der Waals surface area contributed by atoms with E-state index in [9.17, 15) is 5.11 Å². The molecule has 1 rings (SSSR count). The van der Waals surface area contributed by atoms with Crippen molar-refractivity contribution in [1.29, 1.82) is 0 Å². The van der Waals surface area contributed by atoms with E-state index in [0.717, 1.165) is 22.3 Å². The first-order valence-electron chi connectivity index (χ1n) is 8.54. The second kappa shape index (κ2) is 7.39. The van der Waals surface area contributed by atoms with E-state index in [2.05, 4.69) is 46.7 Å². The molecule has 0 aromatic rings. The topological polar surface area (TPSA) is 20.2 Å². The fourth-order valence-electron chi connectivity index (χ4n) is 4.66. The minimum Gasteiger partial charge on any atom is -0.390 e. The van der Waals surface area contributed by atoms with E-state index in [1.165, 1.54) is 0 Å². The standard InChI is InChI=1S/C23H32OS/c1-10-17-18(11-2)20(13-4)23(16(6)25,19(17)12-3)22(9,14-5)15-21(7,8)24/h10-14,16,24-25H,1-5,15H2,6-9H3. The van der Waals surface area contributed by atoms with E-state index < -0.39 is 16.4 Å². The second-order valence-corrected chi connectivity index (χ2v) is 8.34.